The van der Waals surface area contributed by atoms with Gasteiger partial charge in [0.1, 0.15) is 5.69 Å². The molecule has 1 amide bonds. The Balaban J connectivity index is 2.40. The Morgan fingerprint density at radius 1 is 1.04 bits per heavy atom. The number of fused-ring (bicyclic) bond motifs is 4. The number of carbonyl (C=O) groups is 1. The third-order valence-electron chi connectivity index (χ3n) is 4.80. The molecule has 2 heterocycles. The number of nitrogens with zero attached hydrogens (tertiary/aromatic N) is 2. The van der Waals surface area contributed by atoms with E-state index < -0.39 is 5.91 Å². The molecule has 114 valence electrons. The van der Waals surface area contributed by atoms with Gasteiger partial charge in [0.2, 0.25) is 0 Å². The first-order valence-corrected chi connectivity index (χ1v) is 7.57. The van der Waals surface area contributed by atoms with E-state index in [0.29, 0.717) is 5.69 Å². The van der Waals surface area contributed by atoms with Crippen molar-refractivity contribution in [2.75, 3.05) is 0 Å². The molecule has 4 rings (SSSR count). The van der Waals surface area contributed by atoms with Crippen LogP contribution in [-0.2, 0) is 7.05 Å². The summed E-state index contributed by atoms with van der Waals surface area (Å²) in [6.45, 7) is 4.14. The van der Waals surface area contributed by atoms with E-state index in [1.807, 2.05) is 25.1 Å². The smallest absolute Gasteiger partial charge is 0.267 e. The lowest BCUT2D eigenvalue weighted by Crippen LogP contribution is -2.14. The van der Waals surface area contributed by atoms with Gasteiger partial charge in [-0.2, -0.15) is 0 Å². The normalized spacial score (nSPS) is 11.6. The zero-order valence-corrected chi connectivity index (χ0v) is 13.3. The van der Waals surface area contributed by atoms with Crippen molar-refractivity contribution in [2.45, 2.75) is 13.8 Å². The summed E-state index contributed by atoms with van der Waals surface area (Å²) in [5.74, 6) is -0.488. The summed E-state index contributed by atoms with van der Waals surface area (Å²) in [6.07, 6.45) is 1.66. The molecule has 4 nitrogen and oxygen atoms in total. The van der Waals surface area contributed by atoms with Crippen LogP contribution in [0.15, 0.2) is 36.5 Å². The molecule has 4 aromatic rings. The van der Waals surface area contributed by atoms with Gasteiger partial charge in [0, 0.05) is 34.9 Å². The summed E-state index contributed by atoms with van der Waals surface area (Å²) in [4.78, 5) is 16.1. The van der Waals surface area contributed by atoms with E-state index in [1.54, 1.807) is 6.20 Å². The van der Waals surface area contributed by atoms with E-state index in [0.717, 1.165) is 21.9 Å². The number of primary amides is 1. The van der Waals surface area contributed by atoms with Gasteiger partial charge in [-0.05, 0) is 42.5 Å². The van der Waals surface area contributed by atoms with E-state index in [2.05, 4.69) is 35.7 Å². The van der Waals surface area contributed by atoms with Gasteiger partial charge in [0.15, 0.2) is 0 Å². The highest BCUT2D eigenvalue weighted by molar-refractivity contribution is 6.19. The van der Waals surface area contributed by atoms with Crippen LogP contribution in [0.25, 0.3) is 32.6 Å². The molecular weight excluding hydrogens is 286 g/mol. The van der Waals surface area contributed by atoms with E-state index in [9.17, 15) is 4.79 Å². The number of rotatable bonds is 1. The van der Waals surface area contributed by atoms with Crippen LogP contribution in [0, 0.1) is 13.8 Å². The Morgan fingerprint density at radius 3 is 2.52 bits per heavy atom. The second-order valence-electron chi connectivity index (χ2n) is 6.00. The first-order chi connectivity index (χ1) is 11.0. The molecular formula is C19H17N3O. The molecule has 4 heteroatoms. The number of para-hydroxylation sites is 1. The van der Waals surface area contributed by atoms with Crippen LogP contribution < -0.4 is 5.73 Å². The standard InChI is InChI=1S/C19H17N3O/c1-10-12-8-9-21-17(19(20)23)15(12)11(2)16-13-6-4-5-7-14(13)22(3)18(10)16/h4-9H,1-3H3,(H2,20,23). The molecule has 0 saturated carbocycles. The molecule has 23 heavy (non-hydrogen) atoms. The fourth-order valence-electron chi connectivity index (χ4n) is 3.81. The zero-order valence-electron chi connectivity index (χ0n) is 13.3. The Morgan fingerprint density at radius 2 is 1.78 bits per heavy atom. The first kappa shape index (κ1) is 13.8. The predicted molar refractivity (Wildman–Crippen MR) is 93.7 cm³/mol. The minimum absolute atomic E-state index is 0.345. The lowest BCUT2D eigenvalue weighted by molar-refractivity contribution is 0.0997. The third kappa shape index (κ3) is 1.66. The number of hydrogen-bond donors (Lipinski definition) is 1. The van der Waals surface area contributed by atoms with Crippen molar-refractivity contribution in [2.24, 2.45) is 12.8 Å². The lowest BCUT2D eigenvalue weighted by Gasteiger charge is -2.12. The van der Waals surface area contributed by atoms with Gasteiger partial charge in [0.25, 0.3) is 5.91 Å². The van der Waals surface area contributed by atoms with Gasteiger partial charge < -0.3 is 10.3 Å². The molecule has 0 aliphatic carbocycles. The number of hydrogen-bond acceptors (Lipinski definition) is 2. The van der Waals surface area contributed by atoms with E-state index in [4.69, 9.17) is 5.73 Å². The average Bonchev–Trinajstić information content (AvgIpc) is 2.86. The summed E-state index contributed by atoms with van der Waals surface area (Å²) in [7, 11) is 2.08. The molecule has 2 aromatic carbocycles. The Hall–Kier alpha value is -2.88. The monoisotopic (exact) mass is 303 g/mol. The Bertz CT molecular complexity index is 1120. The topological polar surface area (TPSA) is 60.9 Å². The average molecular weight is 303 g/mol. The number of aromatic nitrogens is 2. The summed E-state index contributed by atoms with van der Waals surface area (Å²) in [5, 5.41) is 4.25. The number of aryl methyl sites for hydroxylation is 3. The molecule has 0 radical (unpaired) electrons. The third-order valence-corrected chi connectivity index (χ3v) is 4.80. The second-order valence-corrected chi connectivity index (χ2v) is 6.00. The van der Waals surface area contributed by atoms with Crippen LogP contribution in [0.4, 0.5) is 0 Å². The number of nitrogens with two attached hydrogens (primary N) is 1. The minimum atomic E-state index is -0.488. The first-order valence-electron chi connectivity index (χ1n) is 7.57. The Labute approximate surface area is 133 Å². The van der Waals surface area contributed by atoms with Crippen LogP contribution in [0.2, 0.25) is 0 Å². The highest BCUT2D eigenvalue weighted by Gasteiger charge is 2.19. The molecule has 2 N–H and O–H groups in total. The number of pyridine rings is 1. The predicted octanol–water partition coefficient (Wildman–Crippen LogP) is 3.60. The van der Waals surface area contributed by atoms with Crippen LogP contribution in [-0.4, -0.2) is 15.5 Å². The summed E-state index contributed by atoms with van der Waals surface area (Å²) >= 11 is 0. The maximum atomic E-state index is 11.8. The van der Waals surface area contributed by atoms with Crippen molar-refractivity contribution in [1.29, 1.82) is 0 Å². The number of amides is 1. The van der Waals surface area contributed by atoms with Crippen molar-refractivity contribution < 1.29 is 4.79 Å². The van der Waals surface area contributed by atoms with Crippen LogP contribution in [0.5, 0.6) is 0 Å². The molecule has 0 aliphatic rings. The van der Waals surface area contributed by atoms with E-state index in [1.165, 1.54) is 21.8 Å². The highest BCUT2D eigenvalue weighted by atomic mass is 16.1. The molecule has 0 aliphatic heterocycles. The van der Waals surface area contributed by atoms with E-state index >= 15 is 0 Å². The zero-order chi connectivity index (χ0) is 16.3. The maximum Gasteiger partial charge on any atom is 0.267 e. The number of benzene rings is 2. The largest absolute Gasteiger partial charge is 0.364 e. The molecule has 0 saturated heterocycles. The quantitative estimate of drug-likeness (QED) is 0.584. The summed E-state index contributed by atoms with van der Waals surface area (Å²) in [6, 6.07) is 10.3. The van der Waals surface area contributed by atoms with Crippen molar-refractivity contribution in [3.63, 3.8) is 0 Å². The summed E-state index contributed by atoms with van der Waals surface area (Å²) in [5.41, 5.74) is 10.5. The SMILES string of the molecule is Cc1c2c(C(N)=O)nccc2c(C)c2c1c1ccccc1n2C. The van der Waals surface area contributed by atoms with Crippen molar-refractivity contribution >= 4 is 38.5 Å². The molecule has 0 fully saturated rings. The molecule has 0 spiro atoms. The fourth-order valence-corrected chi connectivity index (χ4v) is 3.81. The lowest BCUT2D eigenvalue weighted by atomic mass is 9.94. The van der Waals surface area contributed by atoms with Crippen molar-refractivity contribution in [3.8, 4) is 0 Å². The molecule has 2 aromatic heterocycles. The van der Waals surface area contributed by atoms with Crippen LogP contribution in [0.1, 0.15) is 21.6 Å². The molecule has 0 unspecified atom stereocenters. The van der Waals surface area contributed by atoms with Gasteiger partial charge in [-0.15, -0.1) is 0 Å². The highest BCUT2D eigenvalue weighted by Crippen LogP contribution is 2.38. The van der Waals surface area contributed by atoms with Gasteiger partial charge in [-0.3, -0.25) is 9.78 Å². The maximum absolute atomic E-state index is 11.8. The van der Waals surface area contributed by atoms with Gasteiger partial charge in [0.05, 0.1) is 5.52 Å². The van der Waals surface area contributed by atoms with Gasteiger partial charge in [-0.25, -0.2) is 0 Å². The Kier molecular flexibility index (Phi) is 2.73. The van der Waals surface area contributed by atoms with Crippen molar-refractivity contribution in [3.05, 3.63) is 53.3 Å². The second kappa shape index (κ2) is 4.56. The minimum Gasteiger partial charge on any atom is -0.364 e. The van der Waals surface area contributed by atoms with Gasteiger partial charge >= 0.3 is 0 Å². The fraction of sp³-hybridized carbons (Fsp3) is 0.158. The van der Waals surface area contributed by atoms with E-state index in [-0.39, 0.29) is 0 Å². The van der Waals surface area contributed by atoms with Crippen LogP contribution >= 0.6 is 0 Å². The van der Waals surface area contributed by atoms with Gasteiger partial charge in [-0.1, -0.05) is 18.2 Å². The van der Waals surface area contributed by atoms with Crippen molar-refractivity contribution in [1.82, 2.24) is 9.55 Å². The number of carbonyl (C=O) groups excluding carboxylic acids is 1. The summed E-state index contributed by atoms with van der Waals surface area (Å²) < 4.78 is 2.22. The van der Waals surface area contributed by atoms with Crippen LogP contribution in [0.3, 0.4) is 0 Å². The molecule has 0 atom stereocenters. The molecule has 0 bridgehead atoms.